The van der Waals surface area contributed by atoms with Crippen molar-refractivity contribution in [2.45, 2.75) is 18.9 Å². The Hall–Kier alpha value is -0.890. The summed E-state index contributed by atoms with van der Waals surface area (Å²) in [6.45, 7) is 0. The zero-order chi connectivity index (χ0) is 13.4. The van der Waals surface area contributed by atoms with E-state index in [-0.39, 0.29) is 6.04 Å². The Morgan fingerprint density at radius 2 is 1.89 bits per heavy atom. The van der Waals surface area contributed by atoms with Gasteiger partial charge in [0.2, 0.25) is 0 Å². The zero-order valence-electron chi connectivity index (χ0n) is 10.1. The Labute approximate surface area is 127 Å². The summed E-state index contributed by atoms with van der Waals surface area (Å²) in [4.78, 5) is 0. The number of fused-ring (bicyclic) bond motifs is 1. The third-order valence-electron chi connectivity index (χ3n) is 3.46. The summed E-state index contributed by atoms with van der Waals surface area (Å²) in [5.74, 6) is 0. The normalized spacial score (nSPS) is 17.3. The average Bonchev–Trinajstić information content (AvgIpc) is 2.77. The van der Waals surface area contributed by atoms with Gasteiger partial charge in [0.25, 0.3) is 0 Å². The molecule has 2 aromatic rings. The molecule has 0 radical (unpaired) electrons. The van der Waals surface area contributed by atoms with Crippen molar-refractivity contribution >= 4 is 40.5 Å². The van der Waals surface area contributed by atoms with Crippen molar-refractivity contribution in [2.75, 3.05) is 5.32 Å². The van der Waals surface area contributed by atoms with E-state index in [2.05, 4.69) is 11.4 Å². The average molecular weight is 313 g/mol. The van der Waals surface area contributed by atoms with Gasteiger partial charge >= 0.3 is 0 Å². The Morgan fingerprint density at radius 1 is 1.05 bits per heavy atom. The first kappa shape index (κ1) is 13.1. The molecule has 0 saturated carbocycles. The lowest BCUT2D eigenvalue weighted by Gasteiger charge is -2.17. The maximum atomic E-state index is 6.21. The number of halogens is 3. The third-order valence-corrected chi connectivity index (χ3v) is 4.52. The van der Waals surface area contributed by atoms with Crippen molar-refractivity contribution in [2.24, 2.45) is 0 Å². The SMILES string of the molecule is Clc1ccc2c(c1)CCC2Nc1cccc(Cl)c1Cl. The van der Waals surface area contributed by atoms with Crippen LogP contribution in [0.4, 0.5) is 5.69 Å². The highest BCUT2D eigenvalue weighted by molar-refractivity contribution is 6.43. The lowest BCUT2D eigenvalue weighted by Crippen LogP contribution is -2.07. The number of rotatable bonds is 2. The van der Waals surface area contributed by atoms with Crippen LogP contribution in [-0.4, -0.2) is 0 Å². The van der Waals surface area contributed by atoms with Crippen LogP contribution in [0.2, 0.25) is 15.1 Å². The van der Waals surface area contributed by atoms with E-state index in [0.29, 0.717) is 10.0 Å². The second kappa shape index (κ2) is 5.24. The van der Waals surface area contributed by atoms with Crippen molar-refractivity contribution in [1.82, 2.24) is 0 Å². The first-order valence-electron chi connectivity index (χ1n) is 6.14. The summed E-state index contributed by atoms with van der Waals surface area (Å²) in [6, 6.07) is 12.0. The number of benzene rings is 2. The number of anilines is 1. The molecule has 1 atom stereocenters. The summed E-state index contributed by atoms with van der Waals surface area (Å²) >= 11 is 18.3. The van der Waals surface area contributed by atoms with Gasteiger partial charge in [0.1, 0.15) is 0 Å². The van der Waals surface area contributed by atoms with Crippen LogP contribution < -0.4 is 5.32 Å². The van der Waals surface area contributed by atoms with E-state index < -0.39 is 0 Å². The summed E-state index contributed by atoms with van der Waals surface area (Å²) < 4.78 is 0. The van der Waals surface area contributed by atoms with Crippen molar-refractivity contribution < 1.29 is 0 Å². The largest absolute Gasteiger partial charge is 0.377 e. The number of nitrogens with one attached hydrogen (secondary N) is 1. The molecule has 1 aliphatic carbocycles. The van der Waals surface area contributed by atoms with Gasteiger partial charge in [0.05, 0.1) is 21.8 Å². The van der Waals surface area contributed by atoms with Crippen LogP contribution in [0.5, 0.6) is 0 Å². The predicted octanol–water partition coefficient (Wildman–Crippen LogP) is 5.75. The molecule has 0 saturated heterocycles. The highest BCUT2D eigenvalue weighted by Gasteiger charge is 2.23. The maximum absolute atomic E-state index is 6.21. The molecule has 0 aromatic heterocycles. The van der Waals surface area contributed by atoms with Gasteiger partial charge in [0.15, 0.2) is 0 Å². The summed E-state index contributed by atoms with van der Waals surface area (Å²) in [7, 11) is 0. The van der Waals surface area contributed by atoms with E-state index in [4.69, 9.17) is 34.8 Å². The van der Waals surface area contributed by atoms with Gasteiger partial charge in [-0.15, -0.1) is 0 Å². The van der Waals surface area contributed by atoms with E-state index in [1.165, 1.54) is 11.1 Å². The summed E-state index contributed by atoms with van der Waals surface area (Å²) in [6.07, 6.45) is 2.07. The molecule has 2 aromatic carbocycles. The predicted molar refractivity (Wildman–Crippen MR) is 82.6 cm³/mol. The van der Waals surface area contributed by atoms with Gasteiger partial charge < -0.3 is 5.32 Å². The molecule has 19 heavy (non-hydrogen) atoms. The zero-order valence-corrected chi connectivity index (χ0v) is 12.4. The molecule has 3 rings (SSSR count). The van der Waals surface area contributed by atoms with Crippen LogP contribution >= 0.6 is 34.8 Å². The fourth-order valence-corrected chi connectivity index (χ4v) is 3.09. The van der Waals surface area contributed by atoms with Crippen LogP contribution in [0.15, 0.2) is 36.4 Å². The first-order valence-corrected chi connectivity index (χ1v) is 7.27. The van der Waals surface area contributed by atoms with Crippen LogP contribution in [0.3, 0.4) is 0 Å². The van der Waals surface area contributed by atoms with E-state index in [0.717, 1.165) is 23.6 Å². The molecule has 0 heterocycles. The van der Waals surface area contributed by atoms with Gasteiger partial charge in [-0.2, -0.15) is 0 Å². The molecule has 1 aliphatic rings. The smallest absolute Gasteiger partial charge is 0.0823 e. The molecule has 1 nitrogen and oxygen atoms in total. The number of hydrogen-bond donors (Lipinski definition) is 1. The van der Waals surface area contributed by atoms with Gasteiger partial charge in [-0.25, -0.2) is 0 Å². The summed E-state index contributed by atoms with van der Waals surface area (Å²) in [5.41, 5.74) is 3.48. The highest BCUT2D eigenvalue weighted by Crippen LogP contribution is 2.38. The van der Waals surface area contributed by atoms with E-state index in [1.807, 2.05) is 24.3 Å². The molecule has 98 valence electrons. The number of hydrogen-bond acceptors (Lipinski definition) is 1. The molecule has 1 N–H and O–H groups in total. The topological polar surface area (TPSA) is 12.0 Å². The third kappa shape index (κ3) is 2.55. The van der Waals surface area contributed by atoms with Gasteiger partial charge in [0, 0.05) is 5.02 Å². The molecule has 4 heteroatoms. The van der Waals surface area contributed by atoms with Crippen LogP contribution in [-0.2, 0) is 6.42 Å². The van der Waals surface area contributed by atoms with Crippen molar-refractivity contribution in [3.8, 4) is 0 Å². The maximum Gasteiger partial charge on any atom is 0.0823 e. The minimum absolute atomic E-state index is 0.267. The van der Waals surface area contributed by atoms with Gasteiger partial charge in [-0.05, 0) is 48.2 Å². The lowest BCUT2D eigenvalue weighted by atomic mass is 10.1. The molecule has 0 bridgehead atoms. The Balaban J connectivity index is 1.89. The van der Waals surface area contributed by atoms with Crippen molar-refractivity contribution in [3.63, 3.8) is 0 Å². The minimum Gasteiger partial charge on any atom is -0.377 e. The van der Waals surface area contributed by atoms with Crippen molar-refractivity contribution in [1.29, 1.82) is 0 Å². The standard InChI is InChI=1S/C15H12Cl3N/c16-10-5-6-11-9(8-10)4-7-13(11)19-14-3-1-2-12(17)15(14)18/h1-3,5-6,8,13,19H,4,7H2. The molecule has 0 amide bonds. The fourth-order valence-electron chi connectivity index (χ4n) is 2.54. The van der Waals surface area contributed by atoms with E-state index in [1.54, 1.807) is 6.07 Å². The van der Waals surface area contributed by atoms with Gasteiger partial charge in [-0.3, -0.25) is 0 Å². The molecule has 0 spiro atoms. The first-order chi connectivity index (χ1) is 9.15. The minimum atomic E-state index is 0.267. The second-order valence-electron chi connectivity index (χ2n) is 4.68. The van der Waals surface area contributed by atoms with E-state index >= 15 is 0 Å². The van der Waals surface area contributed by atoms with Crippen LogP contribution in [0.1, 0.15) is 23.6 Å². The Morgan fingerprint density at radius 3 is 2.74 bits per heavy atom. The lowest BCUT2D eigenvalue weighted by molar-refractivity contribution is 0.762. The molecular formula is C15H12Cl3N. The van der Waals surface area contributed by atoms with Gasteiger partial charge in [-0.1, -0.05) is 46.9 Å². The van der Waals surface area contributed by atoms with Crippen LogP contribution in [0, 0.1) is 0 Å². The molecule has 0 fully saturated rings. The van der Waals surface area contributed by atoms with E-state index in [9.17, 15) is 0 Å². The monoisotopic (exact) mass is 311 g/mol. The molecule has 0 aliphatic heterocycles. The highest BCUT2D eigenvalue weighted by atomic mass is 35.5. The molecular weight excluding hydrogens is 301 g/mol. The fraction of sp³-hybridized carbons (Fsp3) is 0.200. The van der Waals surface area contributed by atoms with Crippen LogP contribution in [0.25, 0.3) is 0 Å². The second-order valence-corrected chi connectivity index (χ2v) is 5.90. The number of aryl methyl sites for hydroxylation is 1. The molecule has 1 unspecified atom stereocenters. The summed E-state index contributed by atoms with van der Waals surface area (Å²) in [5, 5.41) is 5.40. The quantitative estimate of drug-likeness (QED) is 0.745. The Kier molecular flexibility index (Phi) is 3.62. The Bertz CT molecular complexity index is 625. The van der Waals surface area contributed by atoms with Crippen molar-refractivity contribution in [3.05, 3.63) is 62.6 Å².